The van der Waals surface area contributed by atoms with Crippen LogP contribution in [0, 0.1) is 5.92 Å². The summed E-state index contributed by atoms with van der Waals surface area (Å²) in [5.41, 5.74) is 0.0217. The van der Waals surface area contributed by atoms with E-state index in [2.05, 4.69) is 10.4 Å². The number of hydrogen-bond acceptors (Lipinski definition) is 4. The number of nitrogens with zero attached hydrogens (tertiary/aromatic N) is 2. The average Bonchev–Trinajstić information content (AvgIpc) is 3.17. The van der Waals surface area contributed by atoms with Gasteiger partial charge in [-0.2, -0.15) is 5.10 Å². The van der Waals surface area contributed by atoms with Gasteiger partial charge in [-0.05, 0) is 30.2 Å². The molecule has 0 aliphatic heterocycles. The number of fused-ring (bicyclic) bond motifs is 1. The zero-order valence-electron chi connectivity index (χ0n) is 14.6. The molecule has 0 fully saturated rings. The number of amides is 1. The fraction of sp³-hybridized carbons (Fsp3) is 0.278. The Morgan fingerprint density at radius 1 is 1.30 bits per heavy atom. The summed E-state index contributed by atoms with van der Waals surface area (Å²) >= 11 is 0. The van der Waals surface area contributed by atoms with E-state index in [1.165, 1.54) is 24.3 Å². The van der Waals surface area contributed by atoms with Gasteiger partial charge < -0.3 is 14.8 Å². The zero-order valence-corrected chi connectivity index (χ0v) is 14.6. The van der Waals surface area contributed by atoms with Crippen LogP contribution in [0.3, 0.4) is 0 Å². The highest BCUT2D eigenvalue weighted by molar-refractivity contribution is 6.06. The predicted molar refractivity (Wildman–Crippen MR) is 93.1 cm³/mol. The van der Waals surface area contributed by atoms with Crippen molar-refractivity contribution in [1.29, 1.82) is 0 Å². The summed E-state index contributed by atoms with van der Waals surface area (Å²) in [7, 11) is 0. The molecule has 1 amide bonds. The minimum absolute atomic E-state index is 0.0882. The van der Waals surface area contributed by atoms with Crippen LogP contribution in [-0.2, 0) is 6.54 Å². The third kappa shape index (κ3) is 3.81. The molecule has 0 saturated heterocycles. The number of hydrogen-bond donors (Lipinski definition) is 2. The van der Waals surface area contributed by atoms with Crippen molar-refractivity contribution in [3.8, 4) is 0 Å². The first kappa shape index (κ1) is 18.6. The van der Waals surface area contributed by atoms with Crippen molar-refractivity contribution in [3.05, 3.63) is 47.5 Å². The average molecular weight is 377 g/mol. The fourth-order valence-corrected chi connectivity index (χ4v) is 2.72. The number of aromatic carboxylic acids is 1. The SMILES string of the molecule is CC(C)Cn1ncc(C(=O)Nc2ccc3oc(C(=O)O)cc3c2)c1C(F)F. The molecule has 0 aliphatic carbocycles. The Morgan fingerprint density at radius 2 is 2.04 bits per heavy atom. The molecule has 0 aliphatic rings. The second-order valence-electron chi connectivity index (χ2n) is 6.44. The number of rotatable bonds is 6. The largest absolute Gasteiger partial charge is 0.475 e. The second kappa shape index (κ2) is 7.18. The lowest BCUT2D eigenvalue weighted by Crippen LogP contribution is -2.16. The lowest BCUT2D eigenvalue weighted by atomic mass is 10.2. The van der Waals surface area contributed by atoms with Gasteiger partial charge in [0.05, 0.1) is 11.8 Å². The molecule has 142 valence electrons. The Hall–Kier alpha value is -3.23. The van der Waals surface area contributed by atoms with Crippen LogP contribution < -0.4 is 5.32 Å². The standard InChI is InChI=1S/C18H17F2N3O4/c1-9(2)8-23-15(16(19)20)12(7-21-23)17(24)22-11-3-4-13-10(5-11)6-14(27-13)18(25)26/h3-7,9,16H,8H2,1-2H3,(H,22,24)(H,25,26). The van der Waals surface area contributed by atoms with E-state index in [9.17, 15) is 18.4 Å². The van der Waals surface area contributed by atoms with E-state index in [4.69, 9.17) is 9.52 Å². The molecule has 7 nitrogen and oxygen atoms in total. The van der Waals surface area contributed by atoms with E-state index in [1.54, 1.807) is 0 Å². The molecule has 27 heavy (non-hydrogen) atoms. The first-order valence-corrected chi connectivity index (χ1v) is 8.18. The normalized spacial score (nSPS) is 11.5. The van der Waals surface area contributed by atoms with Gasteiger partial charge in [-0.15, -0.1) is 0 Å². The van der Waals surface area contributed by atoms with Crippen LogP contribution in [0.2, 0.25) is 0 Å². The van der Waals surface area contributed by atoms with E-state index in [-0.39, 0.29) is 23.8 Å². The fourth-order valence-electron chi connectivity index (χ4n) is 2.72. The maximum atomic E-state index is 13.4. The van der Waals surface area contributed by atoms with Gasteiger partial charge in [0.15, 0.2) is 0 Å². The van der Waals surface area contributed by atoms with Crippen molar-refractivity contribution < 1.29 is 27.9 Å². The lowest BCUT2D eigenvalue weighted by Gasteiger charge is -2.11. The van der Waals surface area contributed by atoms with Gasteiger partial charge in [0.1, 0.15) is 11.3 Å². The number of furan rings is 1. The molecular weight excluding hydrogens is 360 g/mol. The van der Waals surface area contributed by atoms with Crippen LogP contribution in [0.4, 0.5) is 14.5 Å². The topological polar surface area (TPSA) is 97.4 Å². The lowest BCUT2D eigenvalue weighted by molar-refractivity contribution is 0.0664. The molecule has 0 radical (unpaired) electrons. The quantitative estimate of drug-likeness (QED) is 0.672. The van der Waals surface area contributed by atoms with E-state index >= 15 is 0 Å². The predicted octanol–water partition coefficient (Wildman–Crippen LogP) is 4.17. The molecule has 0 atom stereocenters. The molecule has 3 aromatic rings. The van der Waals surface area contributed by atoms with Gasteiger partial charge in [0, 0.05) is 17.6 Å². The number of alkyl halides is 2. The molecule has 0 bridgehead atoms. The molecular formula is C18H17F2N3O4. The monoisotopic (exact) mass is 377 g/mol. The van der Waals surface area contributed by atoms with Crippen molar-refractivity contribution >= 4 is 28.5 Å². The number of anilines is 1. The molecule has 0 spiro atoms. The summed E-state index contributed by atoms with van der Waals surface area (Å²) in [5, 5.41) is 15.9. The molecule has 1 aromatic carbocycles. The van der Waals surface area contributed by atoms with E-state index in [1.807, 2.05) is 13.8 Å². The zero-order chi connectivity index (χ0) is 19.7. The van der Waals surface area contributed by atoms with Crippen molar-refractivity contribution in [2.24, 2.45) is 5.92 Å². The molecule has 2 N–H and O–H groups in total. The number of carboxylic acids is 1. The van der Waals surface area contributed by atoms with E-state index < -0.39 is 24.0 Å². The van der Waals surface area contributed by atoms with Crippen molar-refractivity contribution in [2.45, 2.75) is 26.8 Å². The van der Waals surface area contributed by atoms with Gasteiger partial charge in [-0.25, -0.2) is 13.6 Å². The van der Waals surface area contributed by atoms with Gasteiger partial charge in [0.2, 0.25) is 5.76 Å². The summed E-state index contributed by atoms with van der Waals surface area (Å²) < 4.78 is 33.2. The summed E-state index contributed by atoms with van der Waals surface area (Å²) in [5.74, 6) is -2.08. The Morgan fingerprint density at radius 3 is 2.67 bits per heavy atom. The molecule has 3 rings (SSSR count). The van der Waals surface area contributed by atoms with Crippen LogP contribution in [-0.4, -0.2) is 26.8 Å². The van der Waals surface area contributed by atoms with Crippen molar-refractivity contribution in [2.75, 3.05) is 5.32 Å². The van der Waals surface area contributed by atoms with Crippen molar-refractivity contribution in [3.63, 3.8) is 0 Å². The maximum Gasteiger partial charge on any atom is 0.371 e. The number of carbonyl (C=O) groups excluding carboxylic acids is 1. The van der Waals surface area contributed by atoms with Crippen molar-refractivity contribution in [1.82, 2.24) is 9.78 Å². The van der Waals surface area contributed by atoms with Gasteiger partial charge in [-0.1, -0.05) is 13.8 Å². The van der Waals surface area contributed by atoms with Crippen LogP contribution in [0.1, 0.15) is 46.9 Å². The smallest absolute Gasteiger partial charge is 0.371 e. The Labute approximate surface area is 152 Å². The highest BCUT2D eigenvalue weighted by Crippen LogP contribution is 2.26. The summed E-state index contributed by atoms with van der Waals surface area (Å²) in [6.07, 6.45) is -1.72. The number of carbonyl (C=O) groups is 2. The minimum atomic E-state index is -2.85. The number of nitrogens with one attached hydrogen (secondary N) is 1. The van der Waals surface area contributed by atoms with Crippen LogP contribution in [0.15, 0.2) is 34.9 Å². The van der Waals surface area contributed by atoms with E-state index in [0.29, 0.717) is 16.7 Å². The van der Waals surface area contributed by atoms with Crippen LogP contribution in [0.5, 0.6) is 0 Å². The van der Waals surface area contributed by atoms with Gasteiger partial charge in [0.25, 0.3) is 12.3 Å². The van der Waals surface area contributed by atoms with Crippen LogP contribution >= 0.6 is 0 Å². The summed E-state index contributed by atoms with van der Waals surface area (Å²) in [6.45, 7) is 4.00. The first-order chi connectivity index (χ1) is 12.8. The van der Waals surface area contributed by atoms with Gasteiger partial charge in [-0.3, -0.25) is 9.48 Å². The maximum absolute atomic E-state index is 13.4. The summed E-state index contributed by atoms with van der Waals surface area (Å²) in [4.78, 5) is 23.4. The molecule has 2 heterocycles. The number of carboxylic acid groups (broad SMARTS) is 1. The van der Waals surface area contributed by atoms with Crippen LogP contribution in [0.25, 0.3) is 11.0 Å². The number of halogens is 2. The molecule has 0 saturated carbocycles. The van der Waals surface area contributed by atoms with E-state index in [0.717, 1.165) is 10.9 Å². The third-order valence-corrected chi connectivity index (χ3v) is 3.85. The molecule has 2 aromatic heterocycles. The Balaban J connectivity index is 1.88. The highest BCUT2D eigenvalue weighted by atomic mass is 19.3. The summed E-state index contributed by atoms with van der Waals surface area (Å²) in [6, 6.07) is 5.81. The first-order valence-electron chi connectivity index (χ1n) is 8.18. The Kier molecular flexibility index (Phi) is 4.93. The second-order valence-corrected chi connectivity index (χ2v) is 6.44. The van der Waals surface area contributed by atoms with Gasteiger partial charge >= 0.3 is 5.97 Å². The number of aromatic nitrogens is 2. The molecule has 0 unspecified atom stereocenters. The number of benzene rings is 1. The molecule has 9 heteroatoms. The third-order valence-electron chi connectivity index (χ3n) is 3.85. The Bertz CT molecular complexity index is 1010. The highest BCUT2D eigenvalue weighted by Gasteiger charge is 2.25. The minimum Gasteiger partial charge on any atom is -0.475 e.